The maximum Gasteiger partial charge on any atom is 0.490 e. The van der Waals surface area contributed by atoms with Gasteiger partial charge in [0.15, 0.2) is 0 Å². The average molecular weight is 413 g/mol. The van der Waals surface area contributed by atoms with Crippen LogP contribution in [0.1, 0.15) is 0 Å². The highest BCUT2D eigenvalue weighted by molar-refractivity contribution is 9.10. The first-order valence-corrected chi connectivity index (χ1v) is 7.41. The van der Waals surface area contributed by atoms with Crippen molar-refractivity contribution < 1.29 is 31.9 Å². The number of halogens is 4. The first-order chi connectivity index (χ1) is 11.3. The number of anilines is 1. The number of aliphatic carboxylic acids is 1. The van der Waals surface area contributed by atoms with Crippen LogP contribution in [0.4, 0.5) is 19.2 Å². The van der Waals surface area contributed by atoms with E-state index in [1.54, 1.807) is 12.3 Å². The van der Waals surface area contributed by atoms with E-state index in [9.17, 15) is 13.2 Å². The van der Waals surface area contributed by atoms with Crippen LogP contribution in [0.3, 0.4) is 0 Å². The first-order valence-electron chi connectivity index (χ1n) is 6.61. The molecule has 1 aliphatic rings. The Morgan fingerprint density at radius 1 is 1.33 bits per heavy atom. The molecule has 12 heteroatoms. The first kappa shape index (κ1) is 18.3. The van der Waals surface area contributed by atoms with Crippen LogP contribution < -0.4 is 10.2 Å². The zero-order valence-electron chi connectivity index (χ0n) is 12.0. The highest BCUT2D eigenvalue weighted by Crippen LogP contribution is 2.29. The van der Waals surface area contributed by atoms with E-state index in [2.05, 4.69) is 36.3 Å². The van der Waals surface area contributed by atoms with Gasteiger partial charge in [0.05, 0.1) is 10.7 Å². The van der Waals surface area contributed by atoms with E-state index in [1.807, 2.05) is 0 Å². The highest BCUT2D eigenvalue weighted by atomic mass is 79.9. The summed E-state index contributed by atoms with van der Waals surface area (Å²) in [5, 5.41) is 18.4. The van der Waals surface area contributed by atoms with Gasteiger partial charge in [-0.2, -0.15) is 13.2 Å². The number of carbonyl (C=O) groups is 1. The van der Waals surface area contributed by atoms with Crippen LogP contribution >= 0.6 is 15.9 Å². The topological polar surface area (TPSA) is 105 Å². The standard InChI is InChI=1S/C10H11BrN4O2.C2HF3O2/c11-7-1-6-16-8(7)9-13-14-10(17-9)15-4-2-12-3-5-15;3-2(4,5)1(6)7/h1,6,12H,2-5H2;(H,6,7). The summed E-state index contributed by atoms with van der Waals surface area (Å²) in [6.07, 6.45) is -3.51. The number of nitrogens with zero attached hydrogens (tertiary/aromatic N) is 3. The molecule has 0 saturated carbocycles. The minimum absolute atomic E-state index is 0.399. The molecule has 0 bridgehead atoms. The van der Waals surface area contributed by atoms with Crippen molar-refractivity contribution in [2.45, 2.75) is 6.18 Å². The van der Waals surface area contributed by atoms with Gasteiger partial charge in [0.25, 0.3) is 5.89 Å². The molecule has 3 rings (SSSR count). The summed E-state index contributed by atoms with van der Waals surface area (Å²) in [5.74, 6) is -1.79. The minimum atomic E-state index is -5.08. The third-order valence-corrected chi connectivity index (χ3v) is 3.48. The van der Waals surface area contributed by atoms with Gasteiger partial charge in [-0.3, -0.25) is 0 Å². The van der Waals surface area contributed by atoms with Gasteiger partial charge in [0.2, 0.25) is 5.76 Å². The summed E-state index contributed by atoms with van der Waals surface area (Å²) in [6, 6.07) is 2.34. The van der Waals surface area contributed by atoms with Gasteiger partial charge in [0.1, 0.15) is 0 Å². The second-order valence-electron chi connectivity index (χ2n) is 4.53. The van der Waals surface area contributed by atoms with Crippen molar-refractivity contribution in [3.05, 3.63) is 16.8 Å². The molecule has 1 saturated heterocycles. The van der Waals surface area contributed by atoms with Crippen molar-refractivity contribution in [2.75, 3.05) is 31.1 Å². The number of hydrogen-bond acceptors (Lipinski definition) is 7. The smallest absolute Gasteiger partial charge is 0.475 e. The minimum Gasteiger partial charge on any atom is -0.475 e. The van der Waals surface area contributed by atoms with Crippen molar-refractivity contribution in [1.29, 1.82) is 0 Å². The number of furan rings is 1. The Balaban J connectivity index is 0.000000256. The molecule has 0 atom stereocenters. The van der Waals surface area contributed by atoms with Gasteiger partial charge >= 0.3 is 18.2 Å². The Morgan fingerprint density at radius 2 is 1.96 bits per heavy atom. The van der Waals surface area contributed by atoms with E-state index in [1.165, 1.54) is 0 Å². The van der Waals surface area contributed by atoms with Crippen LogP contribution in [0, 0.1) is 0 Å². The second kappa shape index (κ2) is 7.66. The Hall–Kier alpha value is -2.08. The molecule has 1 fully saturated rings. The largest absolute Gasteiger partial charge is 0.490 e. The molecular formula is C12H12BrF3N4O4. The van der Waals surface area contributed by atoms with E-state index in [-0.39, 0.29) is 0 Å². The molecule has 0 aliphatic carbocycles. The lowest BCUT2D eigenvalue weighted by molar-refractivity contribution is -0.192. The van der Waals surface area contributed by atoms with Crippen molar-refractivity contribution in [3.63, 3.8) is 0 Å². The monoisotopic (exact) mass is 412 g/mol. The molecule has 0 aromatic carbocycles. The summed E-state index contributed by atoms with van der Waals surface area (Å²) in [5.41, 5.74) is 0. The molecule has 0 amide bonds. The van der Waals surface area contributed by atoms with Gasteiger partial charge in [-0.1, -0.05) is 5.10 Å². The van der Waals surface area contributed by atoms with Gasteiger partial charge in [-0.05, 0) is 22.0 Å². The number of alkyl halides is 3. The Bertz CT molecular complexity index is 682. The van der Waals surface area contributed by atoms with Crippen molar-refractivity contribution in [1.82, 2.24) is 15.5 Å². The quantitative estimate of drug-likeness (QED) is 0.772. The molecule has 1 aliphatic heterocycles. The molecule has 0 radical (unpaired) electrons. The molecule has 3 heterocycles. The number of rotatable bonds is 2. The molecular weight excluding hydrogens is 401 g/mol. The fourth-order valence-electron chi connectivity index (χ4n) is 1.74. The lowest BCUT2D eigenvalue weighted by Crippen LogP contribution is -2.43. The normalized spacial score (nSPS) is 14.9. The van der Waals surface area contributed by atoms with Crippen molar-refractivity contribution in [3.8, 4) is 11.7 Å². The fourth-order valence-corrected chi connectivity index (χ4v) is 2.11. The summed E-state index contributed by atoms with van der Waals surface area (Å²) >= 11 is 3.36. The third kappa shape index (κ3) is 4.71. The molecule has 0 unspecified atom stereocenters. The van der Waals surface area contributed by atoms with E-state index in [0.717, 1.165) is 30.7 Å². The lowest BCUT2D eigenvalue weighted by Gasteiger charge is -2.24. The number of hydrogen-bond donors (Lipinski definition) is 2. The predicted molar refractivity (Wildman–Crippen MR) is 78.5 cm³/mol. The molecule has 0 spiro atoms. The SMILES string of the molecule is Brc1ccoc1-c1nnc(N2CCNCC2)o1.O=C(O)C(F)(F)F. The molecule has 2 N–H and O–H groups in total. The summed E-state index contributed by atoms with van der Waals surface area (Å²) in [6.45, 7) is 3.62. The van der Waals surface area contributed by atoms with Crippen LogP contribution in [-0.4, -0.2) is 53.6 Å². The van der Waals surface area contributed by atoms with Gasteiger partial charge < -0.3 is 24.2 Å². The molecule has 24 heavy (non-hydrogen) atoms. The fraction of sp³-hybridized carbons (Fsp3) is 0.417. The number of nitrogens with one attached hydrogen (secondary N) is 1. The summed E-state index contributed by atoms with van der Waals surface area (Å²) in [4.78, 5) is 11.0. The van der Waals surface area contributed by atoms with Gasteiger partial charge in [-0.25, -0.2) is 4.79 Å². The van der Waals surface area contributed by atoms with E-state index >= 15 is 0 Å². The van der Waals surface area contributed by atoms with Crippen LogP contribution in [0.5, 0.6) is 0 Å². The average Bonchev–Trinajstić information content (AvgIpc) is 3.16. The van der Waals surface area contributed by atoms with Crippen LogP contribution in [0.15, 0.2) is 25.6 Å². The van der Waals surface area contributed by atoms with Gasteiger partial charge in [-0.15, -0.1) is 5.10 Å². The zero-order valence-corrected chi connectivity index (χ0v) is 13.6. The maximum absolute atomic E-state index is 10.6. The molecule has 132 valence electrons. The Morgan fingerprint density at radius 3 is 2.46 bits per heavy atom. The van der Waals surface area contributed by atoms with Crippen LogP contribution in [0.25, 0.3) is 11.7 Å². The molecule has 8 nitrogen and oxygen atoms in total. The van der Waals surface area contributed by atoms with Crippen LogP contribution in [0.2, 0.25) is 0 Å². The number of carboxylic acids is 1. The number of carboxylic acid groups (broad SMARTS) is 1. The lowest BCUT2D eigenvalue weighted by atomic mass is 10.4. The number of aromatic nitrogens is 2. The third-order valence-electron chi connectivity index (χ3n) is 2.86. The zero-order chi connectivity index (χ0) is 17.7. The van der Waals surface area contributed by atoms with Crippen molar-refractivity contribution in [2.24, 2.45) is 0 Å². The second-order valence-corrected chi connectivity index (χ2v) is 5.38. The van der Waals surface area contributed by atoms with Crippen LogP contribution in [-0.2, 0) is 4.79 Å². The molecule has 2 aromatic heterocycles. The Labute approximate surface area is 141 Å². The highest BCUT2D eigenvalue weighted by Gasteiger charge is 2.38. The van der Waals surface area contributed by atoms with E-state index in [4.69, 9.17) is 18.7 Å². The van der Waals surface area contributed by atoms with Crippen molar-refractivity contribution >= 4 is 27.9 Å². The molecule has 2 aromatic rings. The summed E-state index contributed by atoms with van der Waals surface area (Å²) < 4.78 is 43.4. The van der Waals surface area contributed by atoms with Gasteiger partial charge in [0, 0.05) is 26.2 Å². The maximum atomic E-state index is 10.6. The van der Waals surface area contributed by atoms with E-state index in [0.29, 0.717) is 17.7 Å². The summed E-state index contributed by atoms with van der Waals surface area (Å²) in [7, 11) is 0. The predicted octanol–water partition coefficient (Wildman–Crippen LogP) is 2.13. The number of piperazine rings is 1. The Kier molecular flexibility index (Phi) is 5.83. The van der Waals surface area contributed by atoms with E-state index < -0.39 is 12.1 Å².